The fourth-order valence-corrected chi connectivity index (χ4v) is 2.33. The molecule has 6 heteroatoms. The molecule has 1 aliphatic rings. The predicted octanol–water partition coefficient (Wildman–Crippen LogP) is 1.42. The van der Waals surface area contributed by atoms with Crippen LogP contribution in [0.3, 0.4) is 0 Å². The number of hydrogen-bond acceptors (Lipinski definition) is 4. The molecular weight excluding hydrogens is 308 g/mol. The first kappa shape index (κ1) is 17.6. The molecule has 1 aliphatic heterocycles. The number of rotatable bonds is 3. The van der Waals surface area contributed by atoms with Gasteiger partial charge in [0.1, 0.15) is 11.6 Å². The monoisotopic (exact) mass is 328 g/mol. The lowest BCUT2D eigenvalue weighted by Crippen LogP contribution is -2.49. The average Bonchev–Trinajstić information content (AvgIpc) is 2.53. The molecule has 2 rings (SSSR count). The maximum atomic E-state index is 12.1. The van der Waals surface area contributed by atoms with Crippen LogP contribution in [-0.2, 0) is 15.1 Å². The highest BCUT2D eigenvalue weighted by molar-refractivity contribution is 5.95. The van der Waals surface area contributed by atoms with Crippen LogP contribution in [-0.4, -0.2) is 29.8 Å². The van der Waals surface area contributed by atoms with Crippen LogP contribution in [0.2, 0.25) is 0 Å². The minimum atomic E-state index is -1.41. The van der Waals surface area contributed by atoms with E-state index < -0.39 is 23.6 Å². The second kappa shape index (κ2) is 7.20. The minimum Gasteiger partial charge on any atom is -0.462 e. The van der Waals surface area contributed by atoms with Gasteiger partial charge in [0.25, 0.3) is 0 Å². The van der Waals surface area contributed by atoms with Gasteiger partial charge in [0.05, 0.1) is 12.2 Å². The molecule has 2 atom stereocenters. The number of nitrogens with one attached hydrogen (secondary N) is 2. The Kier molecular flexibility index (Phi) is 5.27. The second-order valence-corrected chi connectivity index (χ2v) is 5.50. The molecule has 3 N–H and O–H groups in total. The number of esters is 1. The van der Waals surface area contributed by atoms with Gasteiger partial charge in [-0.05, 0) is 26.3 Å². The zero-order valence-electron chi connectivity index (χ0n) is 13.8. The quantitative estimate of drug-likeness (QED) is 0.578. The van der Waals surface area contributed by atoms with Crippen LogP contribution in [0.15, 0.2) is 41.6 Å². The number of carbonyl (C=O) groups is 2. The summed E-state index contributed by atoms with van der Waals surface area (Å²) < 4.78 is 5.02. The molecule has 24 heavy (non-hydrogen) atoms. The van der Waals surface area contributed by atoms with E-state index in [2.05, 4.69) is 22.5 Å². The predicted molar refractivity (Wildman–Crippen MR) is 88.6 cm³/mol. The van der Waals surface area contributed by atoms with Crippen LogP contribution in [0.25, 0.3) is 0 Å². The van der Waals surface area contributed by atoms with E-state index in [1.165, 1.54) is 0 Å². The fourth-order valence-electron chi connectivity index (χ4n) is 2.33. The summed E-state index contributed by atoms with van der Waals surface area (Å²) >= 11 is 0. The zero-order chi connectivity index (χ0) is 17.7. The molecule has 0 spiro atoms. The van der Waals surface area contributed by atoms with E-state index >= 15 is 0 Å². The third-order valence-corrected chi connectivity index (χ3v) is 3.56. The molecule has 0 fully saturated rings. The Hall–Kier alpha value is -2.78. The van der Waals surface area contributed by atoms with Crippen molar-refractivity contribution in [2.24, 2.45) is 0 Å². The van der Waals surface area contributed by atoms with Gasteiger partial charge in [-0.3, -0.25) is 0 Å². The van der Waals surface area contributed by atoms with Gasteiger partial charge in [-0.1, -0.05) is 42.2 Å². The molecule has 0 saturated carbocycles. The van der Waals surface area contributed by atoms with E-state index in [1.807, 2.05) is 6.07 Å². The highest BCUT2D eigenvalue weighted by Gasteiger charge is 2.30. The van der Waals surface area contributed by atoms with Gasteiger partial charge >= 0.3 is 12.0 Å². The normalized spacial score (nSPS) is 19.3. The van der Waals surface area contributed by atoms with Crippen LogP contribution >= 0.6 is 0 Å². The third kappa shape index (κ3) is 3.94. The zero-order valence-corrected chi connectivity index (χ0v) is 13.8. The number of aliphatic hydroxyl groups is 1. The number of benzene rings is 1. The van der Waals surface area contributed by atoms with E-state index in [9.17, 15) is 14.7 Å². The molecule has 2 amide bonds. The summed E-state index contributed by atoms with van der Waals surface area (Å²) in [7, 11) is 0. The molecule has 0 radical (unpaired) electrons. The molecule has 2 unspecified atom stereocenters. The molecule has 0 aliphatic carbocycles. The first-order valence-corrected chi connectivity index (χ1v) is 7.61. The highest BCUT2D eigenvalue weighted by Crippen LogP contribution is 2.20. The van der Waals surface area contributed by atoms with Gasteiger partial charge in [0, 0.05) is 5.70 Å². The molecule has 6 nitrogen and oxygen atoms in total. The number of urea groups is 1. The Morgan fingerprint density at radius 1 is 1.38 bits per heavy atom. The van der Waals surface area contributed by atoms with Gasteiger partial charge in [-0.15, -0.1) is 0 Å². The lowest BCUT2D eigenvalue weighted by atomic mass is 9.95. The van der Waals surface area contributed by atoms with Gasteiger partial charge < -0.3 is 20.5 Å². The standard InChI is InChI=1S/C18H20N2O4/c1-4-24-16(21)15-12(2)19-17(22)20-14(15)10-11-18(3,23)13-8-6-5-7-9-13/h5-9,14,23H,4H2,1-3H3,(H2,19,20,22). The van der Waals surface area contributed by atoms with Crippen molar-refractivity contribution in [2.75, 3.05) is 6.61 Å². The summed E-state index contributed by atoms with van der Waals surface area (Å²) in [5.41, 5.74) is -0.176. The minimum absolute atomic E-state index is 0.214. The molecule has 0 aromatic heterocycles. The van der Waals surface area contributed by atoms with E-state index in [0.29, 0.717) is 11.3 Å². The third-order valence-electron chi connectivity index (χ3n) is 3.56. The van der Waals surface area contributed by atoms with Gasteiger partial charge in [-0.2, -0.15) is 0 Å². The fraction of sp³-hybridized carbons (Fsp3) is 0.333. The smallest absolute Gasteiger partial charge is 0.338 e. The molecular formula is C18H20N2O4. The summed E-state index contributed by atoms with van der Waals surface area (Å²) in [5, 5.41) is 15.6. The van der Waals surface area contributed by atoms with Crippen LogP contribution in [0.4, 0.5) is 4.79 Å². The lowest BCUT2D eigenvalue weighted by molar-refractivity contribution is -0.138. The van der Waals surface area contributed by atoms with Crippen molar-refractivity contribution < 1.29 is 19.4 Å². The molecule has 1 heterocycles. The van der Waals surface area contributed by atoms with E-state index in [0.717, 1.165) is 0 Å². The highest BCUT2D eigenvalue weighted by atomic mass is 16.5. The summed E-state index contributed by atoms with van der Waals surface area (Å²) in [6, 6.07) is 7.63. The number of hydrogen-bond donors (Lipinski definition) is 3. The SMILES string of the molecule is CCOC(=O)C1=C(C)NC(=O)NC1C#CC(C)(O)c1ccccc1. The van der Waals surface area contributed by atoms with Gasteiger partial charge in [0.15, 0.2) is 0 Å². The van der Waals surface area contributed by atoms with Gasteiger partial charge in [0.2, 0.25) is 0 Å². The Morgan fingerprint density at radius 2 is 2.04 bits per heavy atom. The lowest BCUT2D eigenvalue weighted by Gasteiger charge is -2.25. The van der Waals surface area contributed by atoms with Crippen molar-refractivity contribution in [3.05, 3.63) is 47.2 Å². The van der Waals surface area contributed by atoms with Crippen LogP contribution in [0.1, 0.15) is 26.3 Å². The molecule has 0 saturated heterocycles. The largest absolute Gasteiger partial charge is 0.462 e. The Bertz CT molecular complexity index is 726. The van der Waals surface area contributed by atoms with E-state index in [4.69, 9.17) is 4.74 Å². The van der Waals surface area contributed by atoms with E-state index in [1.54, 1.807) is 45.0 Å². The summed E-state index contributed by atoms with van der Waals surface area (Å²) in [6.45, 7) is 5.07. The van der Waals surface area contributed by atoms with E-state index in [-0.39, 0.29) is 12.2 Å². The average molecular weight is 328 g/mol. The van der Waals surface area contributed by atoms with Crippen molar-refractivity contribution in [2.45, 2.75) is 32.4 Å². The number of ether oxygens (including phenoxy) is 1. The van der Waals surface area contributed by atoms with Crippen molar-refractivity contribution >= 4 is 12.0 Å². The second-order valence-electron chi connectivity index (χ2n) is 5.50. The number of carbonyl (C=O) groups excluding carboxylic acids is 2. The van der Waals surface area contributed by atoms with Crippen molar-refractivity contribution in [3.8, 4) is 11.8 Å². The number of allylic oxidation sites excluding steroid dienone is 1. The van der Waals surface area contributed by atoms with Crippen LogP contribution in [0, 0.1) is 11.8 Å². The maximum absolute atomic E-state index is 12.1. The summed E-state index contributed by atoms with van der Waals surface area (Å²) in [4.78, 5) is 23.8. The maximum Gasteiger partial charge on any atom is 0.338 e. The molecule has 0 bridgehead atoms. The van der Waals surface area contributed by atoms with Crippen molar-refractivity contribution in [1.82, 2.24) is 10.6 Å². The Morgan fingerprint density at radius 3 is 2.67 bits per heavy atom. The Labute approximate surface area is 140 Å². The van der Waals surface area contributed by atoms with Crippen molar-refractivity contribution in [1.29, 1.82) is 0 Å². The first-order chi connectivity index (χ1) is 11.3. The summed E-state index contributed by atoms with van der Waals surface area (Å²) in [6.07, 6.45) is 0. The van der Waals surface area contributed by atoms with Gasteiger partial charge in [-0.25, -0.2) is 9.59 Å². The first-order valence-electron chi connectivity index (χ1n) is 7.61. The summed E-state index contributed by atoms with van der Waals surface area (Å²) in [5.74, 6) is 4.96. The molecule has 1 aromatic rings. The topological polar surface area (TPSA) is 87.7 Å². The molecule has 126 valence electrons. The number of amides is 2. The van der Waals surface area contributed by atoms with Crippen molar-refractivity contribution in [3.63, 3.8) is 0 Å². The van der Waals surface area contributed by atoms with Crippen LogP contribution in [0.5, 0.6) is 0 Å². The Balaban J connectivity index is 2.34. The molecule has 1 aromatic carbocycles. The van der Waals surface area contributed by atoms with Crippen LogP contribution < -0.4 is 10.6 Å².